The van der Waals surface area contributed by atoms with Crippen LogP contribution in [0.3, 0.4) is 0 Å². The van der Waals surface area contributed by atoms with E-state index in [0.717, 1.165) is 11.1 Å². The Kier molecular flexibility index (Phi) is 5.92. The minimum atomic E-state index is -3.96. The maximum absolute atomic E-state index is 12.4. The van der Waals surface area contributed by atoms with Gasteiger partial charge in [-0.15, -0.1) is 0 Å². The molecular formula is C19H22O7S2. The summed E-state index contributed by atoms with van der Waals surface area (Å²) in [6, 6.07) is 12.6. The van der Waals surface area contributed by atoms with E-state index in [9.17, 15) is 16.8 Å². The standard InChI is InChI=1S/C19H22O7S2/c1-15-3-7-17(8-4-15)27(20,21)25-13-19(11-24-12-19)14-26-28(22,23)18-9-5-16(2)6-10-18/h3-10H,11-14H2,1-2H3. The molecule has 0 aliphatic carbocycles. The molecule has 2 aromatic rings. The second kappa shape index (κ2) is 7.92. The van der Waals surface area contributed by atoms with Crippen LogP contribution in [-0.4, -0.2) is 43.3 Å². The molecule has 152 valence electrons. The molecule has 28 heavy (non-hydrogen) atoms. The van der Waals surface area contributed by atoms with Crippen LogP contribution in [0.5, 0.6) is 0 Å². The van der Waals surface area contributed by atoms with Gasteiger partial charge in [-0.2, -0.15) is 16.8 Å². The van der Waals surface area contributed by atoms with Crippen LogP contribution in [0.4, 0.5) is 0 Å². The van der Waals surface area contributed by atoms with Gasteiger partial charge in [0.15, 0.2) is 0 Å². The second-order valence-electron chi connectivity index (χ2n) is 7.05. The highest BCUT2D eigenvalue weighted by atomic mass is 32.2. The molecule has 0 N–H and O–H groups in total. The van der Waals surface area contributed by atoms with Crippen molar-refractivity contribution in [2.75, 3.05) is 26.4 Å². The Morgan fingerprint density at radius 1 is 0.750 bits per heavy atom. The Hall–Kier alpha value is -1.78. The van der Waals surface area contributed by atoms with Crippen molar-refractivity contribution in [3.63, 3.8) is 0 Å². The van der Waals surface area contributed by atoms with E-state index in [2.05, 4.69) is 0 Å². The van der Waals surface area contributed by atoms with Gasteiger partial charge in [-0.25, -0.2) is 0 Å². The Morgan fingerprint density at radius 3 is 1.39 bits per heavy atom. The minimum absolute atomic E-state index is 0.0432. The molecule has 1 heterocycles. The molecule has 2 aromatic carbocycles. The first-order valence-corrected chi connectivity index (χ1v) is 11.4. The quantitative estimate of drug-likeness (QED) is 0.598. The topological polar surface area (TPSA) is 96.0 Å². The molecule has 0 spiro atoms. The molecule has 0 aromatic heterocycles. The third-order valence-corrected chi connectivity index (χ3v) is 7.03. The van der Waals surface area contributed by atoms with Crippen LogP contribution >= 0.6 is 0 Å². The van der Waals surface area contributed by atoms with Crippen molar-refractivity contribution in [1.29, 1.82) is 0 Å². The van der Waals surface area contributed by atoms with E-state index in [1.54, 1.807) is 24.3 Å². The molecule has 1 fully saturated rings. The van der Waals surface area contributed by atoms with Crippen molar-refractivity contribution in [2.24, 2.45) is 5.41 Å². The number of hydrogen-bond acceptors (Lipinski definition) is 7. The van der Waals surface area contributed by atoms with Crippen LogP contribution in [-0.2, 0) is 33.3 Å². The van der Waals surface area contributed by atoms with Crippen LogP contribution < -0.4 is 0 Å². The average molecular weight is 427 g/mol. The summed E-state index contributed by atoms with van der Waals surface area (Å²) in [7, 11) is -7.92. The molecule has 7 nitrogen and oxygen atoms in total. The number of benzene rings is 2. The van der Waals surface area contributed by atoms with Gasteiger partial charge >= 0.3 is 0 Å². The molecule has 0 bridgehead atoms. The van der Waals surface area contributed by atoms with E-state index in [4.69, 9.17) is 13.1 Å². The smallest absolute Gasteiger partial charge is 0.296 e. The van der Waals surface area contributed by atoms with E-state index in [1.807, 2.05) is 13.8 Å². The van der Waals surface area contributed by atoms with Gasteiger partial charge in [-0.1, -0.05) is 35.4 Å². The maximum Gasteiger partial charge on any atom is 0.296 e. The van der Waals surface area contributed by atoms with E-state index in [-0.39, 0.29) is 36.2 Å². The van der Waals surface area contributed by atoms with Crippen LogP contribution in [0.1, 0.15) is 11.1 Å². The second-order valence-corrected chi connectivity index (χ2v) is 10.3. The number of ether oxygens (including phenoxy) is 1. The molecule has 9 heteroatoms. The molecule has 3 rings (SSSR count). The van der Waals surface area contributed by atoms with Gasteiger partial charge in [0.25, 0.3) is 20.2 Å². The number of hydrogen-bond donors (Lipinski definition) is 0. The van der Waals surface area contributed by atoms with Gasteiger partial charge in [0.2, 0.25) is 0 Å². The normalized spacial score (nSPS) is 16.5. The lowest BCUT2D eigenvalue weighted by Gasteiger charge is -2.39. The summed E-state index contributed by atoms with van der Waals surface area (Å²) in [5.74, 6) is 0. The first-order valence-electron chi connectivity index (χ1n) is 8.62. The Labute approximate surface area is 165 Å². The summed E-state index contributed by atoms with van der Waals surface area (Å²) in [4.78, 5) is 0.0865. The average Bonchev–Trinajstić information content (AvgIpc) is 2.61. The third-order valence-electron chi connectivity index (χ3n) is 4.48. The minimum Gasteiger partial charge on any atom is -0.380 e. The zero-order chi connectivity index (χ0) is 20.4. The zero-order valence-corrected chi connectivity index (χ0v) is 17.3. The molecule has 0 amide bonds. The summed E-state index contributed by atoms with van der Waals surface area (Å²) in [6.45, 7) is 3.55. The van der Waals surface area contributed by atoms with Crippen molar-refractivity contribution in [3.8, 4) is 0 Å². The van der Waals surface area contributed by atoms with Crippen LogP contribution in [0.25, 0.3) is 0 Å². The summed E-state index contributed by atoms with van der Waals surface area (Å²) in [5, 5.41) is 0. The van der Waals surface area contributed by atoms with Crippen molar-refractivity contribution >= 4 is 20.2 Å². The lowest BCUT2D eigenvalue weighted by molar-refractivity contribution is -0.147. The fraction of sp³-hybridized carbons (Fsp3) is 0.368. The summed E-state index contributed by atoms with van der Waals surface area (Å²) >= 11 is 0. The Morgan fingerprint density at radius 2 is 1.11 bits per heavy atom. The van der Waals surface area contributed by atoms with Gasteiger partial charge in [-0.05, 0) is 38.1 Å². The molecule has 1 saturated heterocycles. The summed E-state index contributed by atoms with van der Waals surface area (Å²) < 4.78 is 64.9. The van der Waals surface area contributed by atoms with Crippen molar-refractivity contribution in [2.45, 2.75) is 23.6 Å². The molecule has 1 aliphatic heterocycles. The van der Waals surface area contributed by atoms with E-state index >= 15 is 0 Å². The number of aryl methyl sites for hydroxylation is 2. The maximum atomic E-state index is 12.4. The molecule has 1 aliphatic rings. The van der Waals surface area contributed by atoms with Crippen molar-refractivity contribution in [1.82, 2.24) is 0 Å². The molecule has 0 atom stereocenters. The van der Waals surface area contributed by atoms with E-state index < -0.39 is 25.7 Å². The summed E-state index contributed by atoms with van der Waals surface area (Å²) in [5.41, 5.74) is 1.02. The van der Waals surface area contributed by atoms with Crippen LogP contribution in [0, 0.1) is 19.3 Å². The highest BCUT2D eigenvalue weighted by Gasteiger charge is 2.42. The molecule has 0 radical (unpaired) electrons. The monoisotopic (exact) mass is 426 g/mol. The fourth-order valence-corrected chi connectivity index (χ4v) is 4.57. The van der Waals surface area contributed by atoms with Gasteiger partial charge in [0.1, 0.15) is 0 Å². The lowest BCUT2D eigenvalue weighted by atomic mass is 9.88. The Bertz CT molecular complexity index is 939. The third kappa shape index (κ3) is 4.79. The van der Waals surface area contributed by atoms with Gasteiger partial charge in [0, 0.05) is 0 Å². The van der Waals surface area contributed by atoms with Gasteiger partial charge in [0.05, 0.1) is 41.6 Å². The van der Waals surface area contributed by atoms with E-state index in [1.165, 1.54) is 24.3 Å². The molecule has 0 saturated carbocycles. The first kappa shape index (κ1) is 20.9. The lowest BCUT2D eigenvalue weighted by Crippen LogP contribution is -2.50. The SMILES string of the molecule is Cc1ccc(S(=O)(=O)OCC2(COS(=O)(=O)c3ccc(C)cc3)COC2)cc1. The molecular weight excluding hydrogens is 404 g/mol. The molecule has 0 unspecified atom stereocenters. The summed E-state index contributed by atoms with van der Waals surface area (Å²) in [6.07, 6.45) is 0. The van der Waals surface area contributed by atoms with Crippen LogP contribution in [0.2, 0.25) is 0 Å². The van der Waals surface area contributed by atoms with E-state index in [0.29, 0.717) is 0 Å². The van der Waals surface area contributed by atoms with Crippen molar-refractivity contribution < 1.29 is 29.9 Å². The predicted molar refractivity (Wildman–Crippen MR) is 102 cm³/mol. The fourth-order valence-electron chi connectivity index (χ4n) is 2.55. The number of rotatable bonds is 8. The first-order chi connectivity index (χ1) is 13.1. The van der Waals surface area contributed by atoms with Crippen molar-refractivity contribution in [3.05, 3.63) is 59.7 Å². The highest BCUT2D eigenvalue weighted by Crippen LogP contribution is 2.31. The van der Waals surface area contributed by atoms with Crippen LogP contribution in [0.15, 0.2) is 58.3 Å². The van der Waals surface area contributed by atoms with Gasteiger partial charge < -0.3 is 4.74 Å². The largest absolute Gasteiger partial charge is 0.380 e. The predicted octanol–water partition coefficient (Wildman–Crippen LogP) is 2.43. The zero-order valence-electron chi connectivity index (χ0n) is 15.6. The highest BCUT2D eigenvalue weighted by molar-refractivity contribution is 7.87. The Balaban J connectivity index is 1.65. The van der Waals surface area contributed by atoms with Gasteiger partial charge in [-0.3, -0.25) is 8.37 Å².